The third kappa shape index (κ3) is 5.77. The summed E-state index contributed by atoms with van der Waals surface area (Å²) < 4.78 is 9.74. The van der Waals surface area contributed by atoms with E-state index >= 15 is 0 Å². The maximum Gasteiger partial charge on any atom is 0.213 e. The third-order valence-corrected chi connectivity index (χ3v) is 15.0. The number of hydrogen-bond donors (Lipinski definition) is 1. The first-order valence-corrected chi connectivity index (χ1v) is 24.6. The van der Waals surface area contributed by atoms with Gasteiger partial charge in [-0.15, -0.1) is 0 Å². The highest BCUT2D eigenvalue weighted by Gasteiger charge is 2.38. The summed E-state index contributed by atoms with van der Waals surface area (Å²) in [6.07, 6.45) is 8.99. The number of benzene rings is 9. The Morgan fingerprint density at radius 3 is 1.48 bits per heavy atom. The Bertz CT molecular complexity index is 4480. The molecule has 15 rings (SSSR count). The van der Waals surface area contributed by atoms with Gasteiger partial charge in [0.25, 0.3) is 0 Å². The first-order chi connectivity index (χ1) is 35.1. The molecule has 0 amide bonds. The lowest BCUT2D eigenvalue weighted by molar-refractivity contribution is 0.319. The minimum absolute atomic E-state index is 0.638. The van der Waals surface area contributed by atoms with Crippen molar-refractivity contribution in [1.29, 1.82) is 0 Å². The summed E-state index contributed by atoms with van der Waals surface area (Å²) in [5, 5.41) is 13.5. The Kier molecular flexibility index (Phi) is 8.48. The van der Waals surface area contributed by atoms with E-state index in [2.05, 4.69) is 255 Å². The average Bonchev–Trinajstić information content (AvgIpc) is 4.17. The number of amidine groups is 1. The fourth-order valence-electron chi connectivity index (χ4n) is 11.9. The highest BCUT2D eigenvalue weighted by atomic mass is 15.4. The van der Waals surface area contributed by atoms with Gasteiger partial charge in [-0.2, -0.15) is 4.99 Å². The zero-order chi connectivity index (χ0) is 46.8. The second-order valence-corrected chi connectivity index (χ2v) is 19.0. The van der Waals surface area contributed by atoms with Crippen LogP contribution < -0.4 is 5.32 Å². The van der Waals surface area contributed by atoms with E-state index in [1.807, 2.05) is 0 Å². The monoisotopic (exact) mass is 911 g/mol. The predicted molar refractivity (Wildman–Crippen MR) is 297 cm³/mol. The Balaban J connectivity index is 1.07. The van der Waals surface area contributed by atoms with Gasteiger partial charge in [-0.25, -0.2) is 4.99 Å². The van der Waals surface area contributed by atoms with E-state index in [-0.39, 0.29) is 0 Å². The number of allylic oxidation sites excluding steroid dienone is 4. The van der Waals surface area contributed by atoms with Crippen LogP contribution in [-0.2, 0) is 5.79 Å². The zero-order valence-electron chi connectivity index (χ0n) is 39.0. The SMILES string of the molecule is CC1(n2c3ccccc3c3ccc4c5ccccc5n(-c5ccccc5)c4c32)N=C(c2ccc(-c3ccccc3)cc2)N=C(n2c3ccccc3c3ccc4c5ccccc5n(C5=CCCC=C5)c4c32)N1. The Hall–Kier alpha value is -9.20. The standard InChI is InChI=1S/C64H45N7/c1-64(71-57-32-18-14-28-49(57)53-40-39-52-47-26-12-16-30-55(47)69(60(52)61(53)71)45-23-9-4-10-24-45)66-62(43-35-33-42(34-36-43)41-19-5-2-6-20-41)65-63(67-64)70-56-31-17-13-27-48(56)51-38-37-50-46-25-11-15-29-54(46)68(58(50)59(51)70)44-21-7-3-8-22-44/h2,4-7,9-40H,3,8H2,1H3,(H,65,66,67). The minimum atomic E-state index is -1.12. The minimum Gasteiger partial charge on any atom is -0.314 e. The number of hydrogen-bond acceptors (Lipinski definition) is 3. The molecule has 71 heavy (non-hydrogen) atoms. The fraction of sp³-hybridized carbons (Fsp3) is 0.0625. The molecule has 0 spiro atoms. The fourth-order valence-corrected chi connectivity index (χ4v) is 11.9. The van der Waals surface area contributed by atoms with Crippen molar-refractivity contribution in [2.75, 3.05) is 0 Å². The molecule has 1 aliphatic carbocycles. The summed E-state index contributed by atoms with van der Waals surface area (Å²) in [5.41, 5.74) is 14.4. The largest absolute Gasteiger partial charge is 0.314 e. The van der Waals surface area contributed by atoms with Crippen LogP contribution in [0.15, 0.2) is 234 Å². The van der Waals surface area contributed by atoms with Crippen molar-refractivity contribution >= 4 is 105 Å². The van der Waals surface area contributed by atoms with Gasteiger partial charge in [-0.3, -0.25) is 9.13 Å². The highest BCUT2D eigenvalue weighted by Crippen LogP contribution is 2.45. The Morgan fingerprint density at radius 1 is 0.408 bits per heavy atom. The highest BCUT2D eigenvalue weighted by molar-refractivity contribution is 6.28. The van der Waals surface area contributed by atoms with Crippen molar-refractivity contribution in [2.45, 2.75) is 25.6 Å². The van der Waals surface area contributed by atoms with Crippen LogP contribution in [0.25, 0.3) is 110 Å². The average molecular weight is 912 g/mol. The molecule has 336 valence electrons. The second kappa shape index (κ2) is 15.1. The van der Waals surface area contributed by atoms with Crippen LogP contribution in [0.3, 0.4) is 0 Å². The van der Waals surface area contributed by atoms with Crippen molar-refractivity contribution in [3.63, 3.8) is 0 Å². The normalized spacial score (nSPS) is 16.2. The summed E-state index contributed by atoms with van der Waals surface area (Å²) in [4.78, 5) is 11.5. The number of fused-ring (bicyclic) bond motifs is 14. The quantitative estimate of drug-likeness (QED) is 0.184. The molecule has 1 atom stereocenters. The van der Waals surface area contributed by atoms with E-state index in [0.717, 1.165) is 95.4 Å². The number of aliphatic imine (C=N–C) groups is 2. The molecule has 0 bridgehead atoms. The van der Waals surface area contributed by atoms with Gasteiger partial charge in [0.2, 0.25) is 11.7 Å². The number of rotatable bonds is 5. The smallest absolute Gasteiger partial charge is 0.213 e. The number of aromatic nitrogens is 4. The van der Waals surface area contributed by atoms with Crippen molar-refractivity contribution in [1.82, 2.24) is 23.6 Å². The van der Waals surface area contributed by atoms with Crippen molar-refractivity contribution in [3.8, 4) is 16.8 Å². The number of nitrogens with zero attached hydrogens (tertiary/aromatic N) is 6. The van der Waals surface area contributed by atoms with Crippen LogP contribution in [-0.4, -0.2) is 30.1 Å². The van der Waals surface area contributed by atoms with Crippen LogP contribution in [0.1, 0.15) is 25.3 Å². The van der Waals surface area contributed by atoms with Gasteiger partial charge < -0.3 is 14.5 Å². The molecule has 7 nitrogen and oxygen atoms in total. The van der Waals surface area contributed by atoms with Crippen LogP contribution >= 0.6 is 0 Å². The van der Waals surface area contributed by atoms with Gasteiger partial charge in [0.15, 0.2) is 5.84 Å². The van der Waals surface area contributed by atoms with Crippen LogP contribution in [0.5, 0.6) is 0 Å². The van der Waals surface area contributed by atoms with E-state index in [1.54, 1.807) is 0 Å². The summed E-state index contributed by atoms with van der Waals surface area (Å²) >= 11 is 0. The molecule has 0 radical (unpaired) electrons. The van der Waals surface area contributed by atoms with E-state index in [0.29, 0.717) is 11.8 Å². The molecule has 1 unspecified atom stereocenters. The maximum absolute atomic E-state index is 5.84. The lowest BCUT2D eigenvalue weighted by atomic mass is 10.0. The van der Waals surface area contributed by atoms with E-state index in [9.17, 15) is 0 Å². The molecule has 1 aliphatic heterocycles. The van der Waals surface area contributed by atoms with E-state index < -0.39 is 5.79 Å². The molecule has 7 heteroatoms. The molecule has 0 saturated heterocycles. The van der Waals surface area contributed by atoms with Crippen LogP contribution in [0.4, 0.5) is 0 Å². The first-order valence-electron chi connectivity index (χ1n) is 24.6. The summed E-state index contributed by atoms with van der Waals surface area (Å²) in [5.74, 6) is 0.208. The molecule has 1 N–H and O–H groups in total. The van der Waals surface area contributed by atoms with E-state index in [4.69, 9.17) is 9.98 Å². The van der Waals surface area contributed by atoms with Gasteiger partial charge in [0.1, 0.15) is 0 Å². The lowest BCUT2D eigenvalue weighted by Gasteiger charge is -2.35. The van der Waals surface area contributed by atoms with Gasteiger partial charge in [-0.05, 0) is 73.4 Å². The van der Waals surface area contributed by atoms with Gasteiger partial charge >= 0.3 is 0 Å². The maximum atomic E-state index is 5.84. The second-order valence-electron chi connectivity index (χ2n) is 19.0. The van der Waals surface area contributed by atoms with Crippen LogP contribution in [0.2, 0.25) is 0 Å². The topological polar surface area (TPSA) is 56.5 Å². The Labute approximate surface area is 408 Å². The van der Waals surface area contributed by atoms with Gasteiger partial charge in [0.05, 0.1) is 44.1 Å². The number of para-hydroxylation sites is 5. The van der Waals surface area contributed by atoms with Gasteiger partial charge in [-0.1, -0.05) is 182 Å². The van der Waals surface area contributed by atoms with Crippen LogP contribution in [0, 0.1) is 0 Å². The molecular formula is C64H45N7. The molecule has 0 fully saturated rings. The van der Waals surface area contributed by atoms with Crippen molar-refractivity contribution < 1.29 is 0 Å². The molecule has 5 heterocycles. The molecule has 2 aliphatic rings. The summed E-state index contributed by atoms with van der Waals surface area (Å²) in [7, 11) is 0. The van der Waals surface area contributed by atoms with Crippen molar-refractivity contribution in [3.05, 3.63) is 230 Å². The zero-order valence-corrected chi connectivity index (χ0v) is 39.0. The number of nitrogens with one attached hydrogen (secondary N) is 1. The lowest BCUT2D eigenvalue weighted by Crippen LogP contribution is -2.52. The first kappa shape index (κ1) is 39.8. The molecule has 9 aromatic carbocycles. The summed E-state index contributed by atoms with van der Waals surface area (Å²) in [6.45, 7) is 2.22. The molecule has 13 aromatic rings. The third-order valence-electron chi connectivity index (χ3n) is 15.0. The molecule has 0 saturated carbocycles. The Morgan fingerprint density at radius 2 is 0.873 bits per heavy atom. The van der Waals surface area contributed by atoms with Crippen molar-refractivity contribution in [2.24, 2.45) is 9.98 Å². The molecular weight excluding hydrogens is 867 g/mol. The van der Waals surface area contributed by atoms with E-state index in [1.165, 1.54) is 32.8 Å². The molecule has 4 aromatic heterocycles. The van der Waals surface area contributed by atoms with Gasteiger partial charge in [0, 0.05) is 60.0 Å². The predicted octanol–water partition coefficient (Wildman–Crippen LogP) is 15.5. The summed E-state index contributed by atoms with van der Waals surface area (Å²) in [6, 6.07) is 74.4.